The summed E-state index contributed by atoms with van der Waals surface area (Å²) in [4.78, 5) is 0. The zero-order chi connectivity index (χ0) is 11.1. The van der Waals surface area contributed by atoms with Crippen molar-refractivity contribution < 1.29 is 13.2 Å². The van der Waals surface area contributed by atoms with Gasteiger partial charge >= 0.3 is 6.18 Å². The van der Waals surface area contributed by atoms with Gasteiger partial charge in [-0.25, -0.2) is 0 Å². The Morgan fingerprint density at radius 2 is 1.87 bits per heavy atom. The van der Waals surface area contributed by atoms with Crippen LogP contribution in [0.4, 0.5) is 19.0 Å². The first kappa shape index (κ1) is 9.56. The zero-order valence-corrected chi connectivity index (χ0v) is 7.26. The van der Waals surface area contributed by atoms with Gasteiger partial charge in [0.05, 0.1) is 5.69 Å². The average molecular weight is 217 g/mol. The highest BCUT2D eigenvalue weighted by molar-refractivity contribution is 5.57. The van der Waals surface area contributed by atoms with E-state index in [9.17, 15) is 13.2 Å². The topological polar surface area (TPSA) is 83.4 Å². The van der Waals surface area contributed by atoms with Crippen molar-refractivity contribution in [3.63, 3.8) is 0 Å². The molecule has 0 aromatic carbocycles. The molecule has 0 saturated heterocycles. The lowest BCUT2D eigenvalue weighted by molar-refractivity contribution is -0.141. The Morgan fingerprint density at radius 3 is 2.33 bits per heavy atom. The smallest absolute Gasteiger partial charge is 0.382 e. The highest BCUT2D eigenvalue weighted by Crippen LogP contribution is 2.29. The van der Waals surface area contributed by atoms with Crippen LogP contribution in [-0.2, 0) is 6.18 Å². The average Bonchev–Trinajstić information content (AvgIpc) is 2.69. The molecule has 0 radical (unpaired) electrons. The molecular formula is C7H6F3N5. The van der Waals surface area contributed by atoms with Crippen molar-refractivity contribution in [2.75, 3.05) is 5.73 Å². The molecule has 0 fully saturated rings. The number of hydrogen-bond donors (Lipinski definition) is 3. The van der Waals surface area contributed by atoms with Crippen LogP contribution in [0.25, 0.3) is 11.4 Å². The third-order valence-corrected chi connectivity index (χ3v) is 1.76. The Labute approximate surface area is 81.5 Å². The molecule has 8 heteroatoms. The predicted molar refractivity (Wildman–Crippen MR) is 45.6 cm³/mol. The summed E-state index contributed by atoms with van der Waals surface area (Å²) >= 11 is 0. The van der Waals surface area contributed by atoms with Crippen LogP contribution in [-0.4, -0.2) is 20.4 Å². The minimum Gasteiger partial charge on any atom is -0.382 e. The molecule has 2 aromatic heterocycles. The quantitative estimate of drug-likeness (QED) is 0.675. The van der Waals surface area contributed by atoms with E-state index in [1.807, 2.05) is 5.10 Å². The molecule has 0 bridgehead atoms. The fourth-order valence-electron chi connectivity index (χ4n) is 1.07. The van der Waals surface area contributed by atoms with Crippen molar-refractivity contribution in [1.29, 1.82) is 0 Å². The largest absolute Gasteiger partial charge is 0.432 e. The van der Waals surface area contributed by atoms with Gasteiger partial charge in [0.25, 0.3) is 0 Å². The Balaban J connectivity index is 2.36. The summed E-state index contributed by atoms with van der Waals surface area (Å²) in [5.41, 5.74) is 4.84. The summed E-state index contributed by atoms with van der Waals surface area (Å²) in [6.07, 6.45) is -4.43. The normalized spacial score (nSPS) is 11.9. The highest BCUT2D eigenvalue weighted by atomic mass is 19.4. The number of nitrogens with two attached hydrogens (primary N) is 1. The number of halogens is 3. The fraction of sp³-hybridized carbons (Fsp3) is 0.143. The van der Waals surface area contributed by atoms with Crippen LogP contribution in [0.2, 0.25) is 0 Å². The Bertz CT molecular complexity index is 469. The SMILES string of the molecule is Nc1cc(-c2cc(C(F)(F)F)[nH]n2)[nH]n1. The second-order valence-electron chi connectivity index (χ2n) is 2.87. The first-order chi connectivity index (χ1) is 6.97. The second-order valence-corrected chi connectivity index (χ2v) is 2.87. The van der Waals surface area contributed by atoms with Crippen molar-refractivity contribution in [3.8, 4) is 11.4 Å². The Hall–Kier alpha value is -1.99. The molecule has 0 saturated carbocycles. The number of hydrogen-bond acceptors (Lipinski definition) is 3. The van der Waals surface area contributed by atoms with Crippen molar-refractivity contribution in [3.05, 3.63) is 17.8 Å². The van der Waals surface area contributed by atoms with Crippen LogP contribution < -0.4 is 5.73 Å². The number of nitrogen functional groups attached to an aromatic ring is 1. The van der Waals surface area contributed by atoms with E-state index in [2.05, 4.69) is 15.3 Å². The first-order valence-electron chi connectivity index (χ1n) is 3.90. The van der Waals surface area contributed by atoms with Gasteiger partial charge in [-0.3, -0.25) is 10.2 Å². The molecule has 0 atom stereocenters. The predicted octanol–water partition coefficient (Wildman–Crippen LogP) is 1.40. The van der Waals surface area contributed by atoms with Gasteiger partial charge in [-0.15, -0.1) is 0 Å². The summed E-state index contributed by atoms with van der Waals surface area (Å²) < 4.78 is 36.6. The molecule has 0 amide bonds. The molecule has 0 aliphatic heterocycles. The molecule has 15 heavy (non-hydrogen) atoms. The lowest BCUT2D eigenvalue weighted by Crippen LogP contribution is -2.04. The number of aromatic amines is 2. The minimum atomic E-state index is -4.43. The third kappa shape index (κ3) is 1.78. The number of rotatable bonds is 1. The van der Waals surface area contributed by atoms with Crippen molar-refractivity contribution in [2.45, 2.75) is 6.18 Å². The van der Waals surface area contributed by atoms with E-state index in [0.717, 1.165) is 6.07 Å². The molecule has 4 N–H and O–H groups in total. The highest BCUT2D eigenvalue weighted by Gasteiger charge is 2.33. The monoisotopic (exact) mass is 217 g/mol. The molecule has 0 spiro atoms. The lowest BCUT2D eigenvalue weighted by Gasteiger charge is -1.99. The molecule has 2 heterocycles. The molecule has 5 nitrogen and oxygen atoms in total. The van der Waals surface area contributed by atoms with Gasteiger partial charge in [-0.1, -0.05) is 0 Å². The van der Waals surface area contributed by atoms with Crippen LogP contribution in [0.15, 0.2) is 12.1 Å². The van der Waals surface area contributed by atoms with Crippen molar-refractivity contribution in [1.82, 2.24) is 20.4 Å². The zero-order valence-electron chi connectivity index (χ0n) is 7.26. The lowest BCUT2D eigenvalue weighted by atomic mass is 10.3. The number of anilines is 1. The minimum absolute atomic E-state index is 0.117. The summed E-state index contributed by atoms with van der Waals surface area (Å²) in [5, 5.41) is 11.4. The van der Waals surface area contributed by atoms with Gasteiger partial charge in [0.2, 0.25) is 0 Å². The Kier molecular flexibility index (Phi) is 1.92. The maximum absolute atomic E-state index is 12.2. The van der Waals surface area contributed by atoms with Gasteiger partial charge in [0.1, 0.15) is 17.2 Å². The maximum atomic E-state index is 12.2. The third-order valence-electron chi connectivity index (χ3n) is 1.76. The van der Waals surface area contributed by atoms with Crippen LogP contribution in [0.3, 0.4) is 0 Å². The van der Waals surface area contributed by atoms with E-state index in [0.29, 0.717) is 5.69 Å². The van der Waals surface area contributed by atoms with E-state index in [4.69, 9.17) is 5.73 Å². The number of alkyl halides is 3. The molecule has 0 unspecified atom stereocenters. The van der Waals surface area contributed by atoms with Gasteiger partial charge < -0.3 is 5.73 Å². The van der Waals surface area contributed by atoms with Crippen LogP contribution in [0, 0.1) is 0 Å². The molecule has 0 aliphatic carbocycles. The molecule has 2 rings (SSSR count). The second kappa shape index (κ2) is 3.01. The summed E-state index contributed by atoms with van der Waals surface area (Å²) in [6, 6.07) is 2.28. The summed E-state index contributed by atoms with van der Waals surface area (Å²) in [6.45, 7) is 0. The first-order valence-corrected chi connectivity index (χ1v) is 3.90. The number of nitrogens with zero attached hydrogens (tertiary/aromatic N) is 2. The molecule has 0 aliphatic rings. The van der Waals surface area contributed by atoms with Gasteiger partial charge in [0, 0.05) is 6.07 Å². The molecule has 80 valence electrons. The van der Waals surface area contributed by atoms with E-state index in [1.165, 1.54) is 6.07 Å². The van der Waals surface area contributed by atoms with Gasteiger partial charge in [0.15, 0.2) is 0 Å². The van der Waals surface area contributed by atoms with Crippen LogP contribution in [0.1, 0.15) is 5.69 Å². The molecule has 2 aromatic rings. The maximum Gasteiger partial charge on any atom is 0.432 e. The van der Waals surface area contributed by atoms with E-state index < -0.39 is 11.9 Å². The van der Waals surface area contributed by atoms with Crippen molar-refractivity contribution in [2.24, 2.45) is 0 Å². The number of nitrogens with one attached hydrogen (secondary N) is 2. The van der Waals surface area contributed by atoms with Gasteiger partial charge in [-0.2, -0.15) is 23.4 Å². The standard InChI is InChI=1S/C7H6F3N5/c8-7(9,10)5-1-3(12-14-5)4-2-6(11)15-13-4/h1-2H,(H,12,14)(H3,11,13,15). The van der Waals surface area contributed by atoms with E-state index >= 15 is 0 Å². The van der Waals surface area contributed by atoms with Crippen molar-refractivity contribution >= 4 is 5.82 Å². The number of aromatic nitrogens is 4. The number of H-pyrrole nitrogens is 2. The van der Waals surface area contributed by atoms with E-state index in [1.54, 1.807) is 0 Å². The summed E-state index contributed by atoms with van der Waals surface area (Å²) in [7, 11) is 0. The van der Waals surface area contributed by atoms with Gasteiger partial charge in [-0.05, 0) is 6.07 Å². The fourth-order valence-corrected chi connectivity index (χ4v) is 1.07. The Morgan fingerprint density at radius 1 is 1.13 bits per heavy atom. The van der Waals surface area contributed by atoms with Crippen LogP contribution in [0.5, 0.6) is 0 Å². The molecular weight excluding hydrogens is 211 g/mol. The summed E-state index contributed by atoms with van der Waals surface area (Å²) in [5.74, 6) is 0.196. The van der Waals surface area contributed by atoms with E-state index in [-0.39, 0.29) is 11.5 Å². The van der Waals surface area contributed by atoms with Crippen LogP contribution >= 0.6 is 0 Å².